The molecule has 256 valence electrons. The van der Waals surface area contributed by atoms with Crippen LogP contribution in [0.1, 0.15) is 51.1 Å². The molecule has 0 saturated carbocycles. The Kier molecular flexibility index (Phi) is 13.0. The van der Waals surface area contributed by atoms with E-state index in [-0.39, 0.29) is 23.7 Å². The molecular formula is C35H42N3O7PS2. The van der Waals surface area contributed by atoms with Gasteiger partial charge in [-0.2, -0.15) is 0 Å². The second-order valence-electron chi connectivity index (χ2n) is 11.6. The van der Waals surface area contributed by atoms with Crippen LogP contribution in [0.2, 0.25) is 0 Å². The number of nitrogens with zero attached hydrogens (tertiary/aromatic N) is 1. The van der Waals surface area contributed by atoms with Crippen molar-refractivity contribution in [3.8, 4) is 5.75 Å². The van der Waals surface area contributed by atoms with E-state index >= 15 is 0 Å². The van der Waals surface area contributed by atoms with Gasteiger partial charge in [-0.15, -0.1) is 11.8 Å². The third-order valence-electron chi connectivity index (χ3n) is 8.15. The van der Waals surface area contributed by atoms with Gasteiger partial charge in [0, 0.05) is 30.0 Å². The molecule has 1 aliphatic rings. The number of anilines is 2. The SMILES string of the molecule is CCCCC1(CC)C(=O)Sc2cc(OCC(=O)N[C@@H](C(=O)NCCP(C)(=O)O)c3ccccc3)c(SC)cc2N(c2ccccc2)C1=O. The number of carbonyl (C=O) groups excluding carboxylic acids is 4. The van der Waals surface area contributed by atoms with Crippen LogP contribution >= 0.6 is 30.9 Å². The lowest BCUT2D eigenvalue weighted by molar-refractivity contribution is -0.136. The summed E-state index contributed by atoms with van der Waals surface area (Å²) in [5, 5.41) is 5.12. The van der Waals surface area contributed by atoms with Crippen LogP contribution in [0.4, 0.5) is 11.4 Å². The first kappa shape index (κ1) is 37.3. The van der Waals surface area contributed by atoms with Crippen molar-refractivity contribution in [3.63, 3.8) is 0 Å². The minimum atomic E-state index is -3.33. The van der Waals surface area contributed by atoms with Crippen molar-refractivity contribution in [2.24, 2.45) is 5.41 Å². The average Bonchev–Trinajstić information content (AvgIpc) is 3.15. The Bertz CT molecular complexity index is 1670. The summed E-state index contributed by atoms with van der Waals surface area (Å²) in [6.45, 7) is 4.67. The highest BCUT2D eigenvalue weighted by molar-refractivity contribution is 8.14. The second-order valence-corrected chi connectivity index (χ2v) is 16.1. The van der Waals surface area contributed by atoms with Crippen LogP contribution in [-0.2, 0) is 23.7 Å². The summed E-state index contributed by atoms with van der Waals surface area (Å²) in [6.07, 6.45) is 4.13. The molecule has 3 atom stereocenters. The summed E-state index contributed by atoms with van der Waals surface area (Å²) in [5.74, 6) is -0.997. The highest BCUT2D eigenvalue weighted by Crippen LogP contribution is 2.51. The Labute approximate surface area is 290 Å². The monoisotopic (exact) mass is 711 g/mol. The fourth-order valence-corrected chi connectivity index (χ4v) is 7.67. The highest BCUT2D eigenvalue weighted by atomic mass is 32.2. The van der Waals surface area contributed by atoms with E-state index in [1.54, 1.807) is 41.3 Å². The third kappa shape index (κ3) is 8.91. The molecule has 48 heavy (non-hydrogen) atoms. The van der Waals surface area contributed by atoms with Crippen LogP contribution in [0.25, 0.3) is 0 Å². The van der Waals surface area contributed by atoms with Crippen molar-refractivity contribution >= 4 is 65.1 Å². The van der Waals surface area contributed by atoms with Crippen LogP contribution in [-0.4, -0.2) is 60.0 Å². The van der Waals surface area contributed by atoms with Gasteiger partial charge in [0.1, 0.15) is 17.2 Å². The molecule has 0 bridgehead atoms. The number of fused-ring (bicyclic) bond motifs is 1. The molecule has 13 heteroatoms. The number of unbranched alkanes of at least 4 members (excludes halogenated alkanes) is 1. The van der Waals surface area contributed by atoms with Gasteiger partial charge in [0.15, 0.2) is 14.0 Å². The standard InChI is InChI=1S/C35H42N3O7PS2/c1-5-7-18-35(6-2)33(41)38(25-16-12-9-13-17-25)26-21-29(47-4)27(22-28(26)48-34(35)42)45-23-30(39)37-31(24-14-10-8-11-15-24)32(40)36-19-20-46(3,43)44/h8-17,21-22,31H,5-7,18-20,23H2,1-4H3,(H,36,40)(H,37,39)(H,43,44)/t31-,35?/m1/s1. The lowest BCUT2D eigenvalue weighted by atomic mass is 9.79. The van der Waals surface area contributed by atoms with Crippen molar-refractivity contribution < 1.29 is 33.4 Å². The van der Waals surface area contributed by atoms with Crippen LogP contribution < -0.4 is 20.3 Å². The second kappa shape index (κ2) is 16.7. The minimum absolute atomic E-state index is 0.0261. The fourth-order valence-electron chi connectivity index (χ4n) is 5.44. The Morgan fingerprint density at radius 1 is 1.06 bits per heavy atom. The van der Waals surface area contributed by atoms with Crippen molar-refractivity contribution in [1.82, 2.24) is 10.6 Å². The smallest absolute Gasteiger partial charge is 0.258 e. The zero-order valence-corrected chi connectivity index (χ0v) is 30.1. The van der Waals surface area contributed by atoms with Crippen LogP contribution in [0.15, 0.2) is 82.6 Å². The molecule has 3 N–H and O–H groups in total. The number of benzene rings is 3. The molecule has 4 rings (SSSR count). The summed E-state index contributed by atoms with van der Waals surface area (Å²) in [6, 6.07) is 20.4. The first-order valence-electron chi connectivity index (χ1n) is 15.8. The summed E-state index contributed by atoms with van der Waals surface area (Å²) < 4.78 is 17.7. The normalized spacial score (nSPS) is 17.9. The van der Waals surface area contributed by atoms with Gasteiger partial charge in [-0.25, -0.2) is 0 Å². The van der Waals surface area contributed by atoms with Gasteiger partial charge >= 0.3 is 0 Å². The van der Waals surface area contributed by atoms with Crippen molar-refractivity contribution in [2.45, 2.75) is 55.4 Å². The zero-order chi connectivity index (χ0) is 34.9. The number of rotatable bonds is 15. The molecule has 1 heterocycles. The number of hydrogen-bond donors (Lipinski definition) is 3. The van der Waals surface area contributed by atoms with Crippen molar-refractivity contribution in [3.05, 3.63) is 78.4 Å². The molecule has 0 saturated heterocycles. The van der Waals surface area contributed by atoms with Crippen molar-refractivity contribution in [1.29, 1.82) is 0 Å². The summed E-state index contributed by atoms with van der Waals surface area (Å²) in [7, 11) is -3.33. The molecule has 3 aromatic carbocycles. The summed E-state index contributed by atoms with van der Waals surface area (Å²) >= 11 is 2.40. The Morgan fingerprint density at radius 3 is 2.33 bits per heavy atom. The maximum atomic E-state index is 14.4. The van der Waals surface area contributed by atoms with E-state index in [9.17, 15) is 28.6 Å². The van der Waals surface area contributed by atoms with E-state index in [0.717, 1.165) is 24.6 Å². The van der Waals surface area contributed by atoms with E-state index < -0.39 is 37.2 Å². The van der Waals surface area contributed by atoms with E-state index in [0.29, 0.717) is 45.3 Å². The maximum absolute atomic E-state index is 14.4. The van der Waals surface area contributed by atoms with Gasteiger partial charge in [-0.05, 0) is 60.7 Å². The predicted molar refractivity (Wildman–Crippen MR) is 191 cm³/mol. The third-order valence-corrected chi connectivity index (χ3v) is 11.1. The molecule has 0 aliphatic carbocycles. The quantitative estimate of drug-likeness (QED) is 0.0910. The van der Waals surface area contributed by atoms with Gasteiger partial charge in [-0.3, -0.25) is 28.6 Å². The molecule has 1 aliphatic heterocycles. The molecule has 0 fully saturated rings. The van der Waals surface area contributed by atoms with Crippen LogP contribution in [0, 0.1) is 5.41 Å². The molecule has 3 aromatic rings. The van der Waals surface area contributed by atoms with E-state index in [2.05, 4.69) is 10.6 Å². The number of carbonyl (C=O) groups is 4. The number of ether oxygens (including phenoxy) is 1. The van der Waals surface area contributed by atoms with Crippen molar-refractivity contribution in [2.75, 3.05) is 37.1 Å². The van der Waals surface area contributed by atoms with Gasteiger partial charge in [0.25, 0.3) is 5.91 Å². The van der Waals surface area contributed by atoms with Crippen LogP contribution in [0.3, 0.4) is 0 Å². The Balaban J connectivity index is 1.62. The fraction of sp³-hybridized carbons (Fsp3) is 0.371. The lowest BCUT2D eigenvalue weighted by Gasteiger charge is -2.33. The molecule has 0 radical (unpaired) electrons. The topological polar surface area (TPSA) is 142 Å². The van der Waals surface area contributed by atoms with Crippen LogP contribution in [0.5, 0.6) is 5.75 Å². The van der Waals surface area contributed by atoms with E-state index in [1.165, 1.54) is 18.4 Å². The van der Waals surface area contributed by atoms with E-state index in [1.807, 2.05) is 56.5 Å². The number of nitrogens with one attached hydrogen (secondary N) is 2. The van der Waals surface area contributed by atoms with Gasteiger partial charge in [-0.1, -0.05) is 75.2 Å². The lowest BCUT2D eigenvalue weighted by Crippen LogP contribution is -2.44. The van der Waals surface area contributed by atoms with Gasteiger partial charge < -0.3 is 20.3 Å². The number of amides is 3. The Morgan fingerprint density at radius 2 is 1.73 bits per heavy atom. The molecule has 0 spiro atoms. The highest BCUT2D eigenvalue weighted by Gasteiger charge is 2.49. The molecule has 0 aromatic heterocycles. The molecule has 10 nitrogen and oxygen atoms in total. The Hall–Kier alpha value is -3.57. The predicted octanol–water partition coefficient (Wildman–Crippen LogP) is 6.54. The first-order valence-corrected chi connectivity index (χ1v) is 20.2. The number of hydrogen-bond acceptors (Lipinski definition) is 8. The summed E-state index contributed by atoms with van der Waals surface area (Å²) in [4.78, 5) is 67.1. The first-order chi connectivity index (χ1) is 22.9. The molecular weight excluding hydrogens is 670 g/mol. The van der Waals surface area contributed by atoms with E-state index in [4.69, 9.17) is 4.74 Å². The van der Waals surface area contributed by atoms with Gasteiger partial charge in [0.05, 0.1) is 10.6 Å². The van der Waals surface area contributed by atoms with Gasteiger partial charge in [0.2, 0.25) is 16.9 Å². The zero-order valence-electron chi connectivity index (χ0n) is 27.6. The molecule has 2 unspecified atom stereocenters. The summed E-state index contributed by atoms with van der Waals surface area (Å²) in [5.41, 5.74) is 0.552. The number of para-hydroxylation sites is 1. The minimum Gasteiger partial charge on any atom is -0.483 e. The largest absolute Gasteiger partial charge is 0.483 e. The molecule has 3 amide bonds. The average molecular weight is 712 g/mol. The number of thioether (sulfide) groups is 2. The maximum Gasteiger partial charge on any atom is 0.258 e.